The molecule has 2 saturated heterocycles. The first kappa shape index (κ1) is 17.0. The molecule has 0 saturated carbocycles. The zero-order chi connectivity index (χ0) is 16.1. The summed E-state index contributed by atoms with van der Waals surface area (Å²) in [4.78, 5) is 2.50. The predicted molar refractivity (Wildman–Crippen MR) is 91.9 cm³/mol. The summed E-state index contributed by atoms with van der Waals surface area (Å²) in [7, 11) is 0. The molecule has 0 radical (unpaired) electrons. The molecule has 2 fully saturated rings. The molecule has 0 spiro atoms. The van der Waals surface area contributed by atoms with Crippen molar-refractivity contribution in [3.63, 3.8) is 0 Å². The van der Waals surface area contributed by atoms with Crippen molar-refractivity contribution in [2.24, 2.45) is 22.8 Å². The highest BCUT2D eigenvalue weighted by atomic mass is 16.5. The second-order valence-electron chi connectivity index (χ2n) is 7.09. The van der Waals surface area contributed by atoms with Crippen LogP contribution in [0.4, 0.5) is 0 Å². The average molecular weight is 321 g/mol. The molecule has 3 aliphatic rings. The van der Waals surface area contributed by atoms with Gasteiger partial charge in [-0.05, 0) is 44.2 Å². The van der Waals surface area contributed by atoms with Crippen LogP contribution in [-0.4, -0.2) is 57.0 Å². The molecular weight excluding hydrogens is 290 g/mol. The van der Waals surface area contributed by atoms with Gasteiger partial charge in [0.1, 0.15) is 0 Å². The zero-order valence-corrected chi connectivity index (χ0v) is 14.1. The van der Waals surface area contributed by atoms with Crippen molar-refractivity contribution >= 4 is 0 Å². The second-order valence-corrected chi connectivity index (χ2v) is 7.09. The molecule has 5 nitrogen and oxygen atoms in total. The van der Waals surface area contributed by atoms with Gasteiger partial charge in [-0.2, -0.15) is 0 Å². The maximum absolute atomic E-state index is 6.56. The van der Waals surface area contributed by atoms with Crippen molar-refractivity contribution in [2.75, 3.05) is 46.1 Å². The fourth-order valence-corrected chi connectivity index (χ4v) is 4.35. The van der Waals surface area contributed by atoms with Crippen LogP contribution in [0.15, 0.2) is 23.9 Å². The SMILES string of the molecule is NC1=CC(CCCN2CCOCC2)(C2CCOCC2)C(N)C=C1. The Bertz CT molecular complexity index is 440. The number of hydrogen-bond donors (Lipinski definition) is 2. The van der Waals surface area contributed by atoms with Crippen molar-refractivity contribution in [1.29, 1.82) is 0 Å². The Hall–Kier alpha value is -0.880. The molecule has 2 atom stereocenters. The van der Waals surface area contributed by atoms with Crippen LogP contribution in [0.5, 0.6) is 0 Å². The highest BCUT2D eigenvalue weighted by Gasteiger charge is 2.42. The summed E-state index contributed by atoms with van der Waals surface area (Å²) in [5, 5.41) is 0. The Kier molecular flexibility index (Phi) is 5.75. The summed E-state index contributed by atoms with van der Waals surface area (Å²) in [6.45, 7) is 6.64. The quantitative estimate of drug-likeness (QED) is 0.797. The fourth-order valence-electron chi connectivity index (χ4n) is 4.35. The lowest BCUT2D eigenvalue weighted by molar-refractivity contribution is 0.0128. The van der Waals surface area contributed by atoms with E-state index in [4.69, 9.17) is 20.9 Å². The Morgan fingerprint density at radius 1 is 1.13 bits per heavy atom. The summed E-state index contributed by atoms with van der Waals surface area (Å²) in [6, 6.07) is 0.0580. The van der Waals surface area contributed by atoms with Gasteiger partial charge in [-0.25, -0.2) is 0 Å². The third-order valence-electron chi connectivity index (χ3n) is 5.72. The van der Waals surface area contributed by atoms with E-state index < -0.39 is 0 Å². The highest BCUT2D eigenvalue weighted by molar-refractivity contribution is 5.30. The predicted octanol–water partition coefficient (Wildman–Crippen LogP) is 1.25. The van der Waals surface area contributed by atoms with Crippen molar-refractivity contribution in [3.8, 4) is 0 Å². The Morgan fingerprint density at radius 2 is 1.83 bits per heavy atom. The van der Waals surface area contributed by atoms with E-state index in [0.717, 1.165) is 77.4 Å². The number of nitrogens with zero attached hydrogens (tertiary/aromatic N) is 1. The molecule has 130 valence electrons. The van der Waals surface area contributed by atoms with Crippen molar-refractivity contribution in [1.82, 2.24) is 4.90 Å². The standard InChI is InChI=1S/C18H31N3O2/c19-16-2-3-17(20)18(14-16,15-4-10-22-11-5-15)6-1-7-21-8-12-23-13-9-21/h2-3,14-15,17H,1,4-13,19-20H2. The summed E-state index contributed by atoms with van der Waals surface area (Å²) in [6.07, 6.45) is 10.7. The molecule has 5 heteroatoms. The molecule has 3 rings (SSSR count). The van der Waals surface area contributed by atoms with Crippen LogP contribution >= 0.6 is 0 Å². The van der Waals surface area contributed by atoms with Crippen LogP contribution in [-0.2, 0) is 9.47 Å². The summed E-state index contributed by atoms with van der Waals surface area (Å²) in [5.74, 6) is 0.569. The minimum Gasteiger partial charge on any atom is -0.399 e. The Morgan fingerprint density at radius 3 is 2.57 bits per heavy atom. The second kappa shape index (κ2) is 7.79. The monoisotopic (exact) mass is 321 g/mol. The molecule has 0 aromatic heterocycles. The third-order valence-corrected chi connectivity index (χ3v) is 5.72. The first-order valence-corrected chi connectivity index (χ1v) is 9.01. The fraction of sp³-hybridized carbons (Fsp3) is 0.778. The molecule has 0 aromatic rings. The lowest BCUT2D eigenvalue weighted by Gasteiger charge is -2.46. The van der Waals surface area contributed by atoms with E-state index in [1.54, 1.807) is 0 Å². The van der Waals surface area contributed by atoms with Gasteiger partial charge in [0.05, 0.1) is 13.2 Å². The number of morpholine rings is 1. The number of rotatable bonds is 5. The molecule has 23 heavy (non-hydrogen) atoms. The molecule has 2 unspecified atom stereocenters. The van der Waals surface area contributed by atoms with Gasteiger partial charge in [-0.15, -0.1) is 0 Å². The van der Waals surface area contributed by atoms with Crippen molar-refractivity contribution in [2.45, 2.75) is 31.7 Å². The molecule has 2 heterocycles. The minimum atomic E-state index is -0.00506. The van der Waals surface area contributed by atoms with Gasteiger partial charge in [-0.1, -0.05) is 12.2 Å². The van der Waals surface area contributed by atoms with Crippen LogP contribution < -0.4 is 11.5 Å². The first-order valence-electron chi connectivity index (χ1n) is 9.01. The van der Waals surface area contributed by atoms with E-state index in [2.05, 4.69) is 17.1 Å². The minimum absolute atomic E-state index is 0.00506. The van der Waals surface area contributed by atoms with Gasteiger partial charge in [0.2, 0.25) is 0 Å². The maximum atomic E-state index is 6.56. The van der Waals surface area contributed by atoms with E-state index in [0.29, 0.717) is 5.92 Å². The van der Waals surface area contributed by atoms with Crippen molar-refractivity contribution < 1.29 is 9.47 Å². The van der Waals surface area contributed by atoms with Crippen LogP contribution in [0, 0.1) is 11.3 Å². The van der Waals surface area contributed by atoms with E-state index in [1.165, 1.54) is 0 Å². The van der Waals surface area contributed by atoms with Gasteiger partial charge in [0, 0.05) is 43.5 Å². The summed E-state index contributed by atoms with van der Waals surface area (Å²) >= 11 is 0. The van der Waals surface area contributed by atoms with Gasteiger partial charge >= 0.3 is 0 Å². The van der Waals surface area contributed by atoms with Crippen LogP contribution in [0.25, 0.3) is 0 Å². The zero-order valence-electron chi connectivity index (χ0n) is 14.1. The van der Waals surface area contributed by atoms with E-state index in [9.17, 15) is 0 Å². The largest absolute Gasteiger partial charge is 0.399 e. The highest BCUT2D eigenvalue weighted by Crippen LogP contribution is 2.45. The summed E-state index contributed by atoms with van der Waals surface area (Å²) < 4.78 is 11.0. The van der Waals surface area contributed by atoms with Crippen molar-refractivity contribution in [3.05, 3.63) is 23.9 Å². The van der Waals surface area contributed by atoms with Gasteiger partial charge in [0.25, 0.3) is 0 Å². The summed E-state index contributed by atoms with van der Waals surface area (Å²) in [5.41, 5.74) is 13.6. The molecule has 0 bridgehead atoms. The normalized spacial score (nSPS) is 33.6. The molecular formula is C18H31N3O2. The first-order chi connectivity index (χ1) is 11.2. The van der Waals surface area contributed by atoms with E-state index in [1.807, 2.05) is 6.08 Å². The smallest absolute Gasteiger partial charge is 0.0594 e. The maximum Gasteiger partial charge on any atom is 0.0594 e. The Labute approximate surface area is 139 Å². The molecule has 1 aliphatic carbocycles. The topological polar surface area (TPSA) is 73.7 Å². The van der Waals surface area contributed by atoms with Gasteiger partial charge < -0.3 is 20.9 Å². The number of ether oxygens (including phenoxy) is 2. The van der Waals surface area contributed by atoms with Crippen LogP contribution in [0.3, 0.4) is 0 Å². The number of allylic oxidation sites excluding steroid dienone is 1. The van der Waals surface area contributed by atoms with E-state index >= 15 is 0 Å². The molecule has 0 aromatic carbocycles. The number of hydrogen-bond acceptors (Lipinski definition) is 5. The molecule has 2 aliphatic heterocycles. The lowest BCUT2D eigenvalue weighted by Crippen LogP contribution is -2.48. The van der Waals surface area contributed by atoms with Crippen LogP contribution in [0.2, 0.25) is 0 Å². The lowest BCUT2D eigenvalue weighted by atomic mass is 9.63. The molecule has 0 amide bonds. The number of nitrogens with two attached hydrogens (primary N) is 2. The average Bonchev–Trinajstić information content (AvgIpc) is 2.60. The molecule has 4 N–H and O–H groups in total. The van der Waals surface area contributed by atoms with Gasteiger partial charge in [0.15, 0.2) is 0 Å². The third kappa shape index (κ3) is 3.97. The van der Waals surface area contributed by atoms with Gasteiger partial charge in [-0.3, -0.25) is 4.90 Å². The van der Waals surface area contributed by atoms with E-state index in [-0.39, 0.29) is 11.5 Å². The Balaban J connectivity index is 1.66. The van der Waals surface area contributed by atoms with Crippen LogP contribution in [0.1, 0.15) is 25.7 Å².